The van der Waals surface area contributed by atoms with Gasteiger partial charge in [-0.2, -0.15) is 0 Å². The van der Waals surface area contributed by atoms with Gasteiger partial charge in [-0.3, -0.25) is 0 Å². The molecule has 0 amide bonds. The van der Waals surface area contributed by atoms with Gasteiger partial charge in [0.1, 0.15) is 12.1 Å². The molecule has 1 aromatic heterocycles. The normalized spacial score (nSPS) is 27.0. The van der Waals surface area contributed by atoms with Gasteiger partial charge in [0.05, 0.1) is 11.8 Å². The molecule has 3 rings (SSSR count). The van der Waals surface area contributed by atoms with Crippen molar-refractivity contribution >= 4 is 16.8 Å². The van der Waals surface area contributed by atoms with Crippen LogP contribution in [-0.4, -0.2) is 11.1 Å². The van der Waals surface area contributed by atoms with E-state index >= 15 is 0 Å². The fourth-order valence-corrected chi connectivity index (χ4v) is 3.28. The molecular formula is C16H22N2O2. The minimum Gasteiger partial charge on any atom is -0.438 e. The van der Waals surface area contributed by atoms with Crippen molar-refractivity contribution in [1.29, 1.82) is 0 Å². The first-order valence-corrected chi connectivity index (χ1v) is 7.37. The van der Waals surface area contributed by atoms with E-state index in [1.54, 1.807) is 0 Å². The molecule has 2 N–H and O–H groups in total. The molecule has 0 bridgehead atoms. The average Bonchev–Trinajstić information content (AvgIpc) is 2.80. The molecule has 1 saturated carbocycles. The van der Waals surface area contributed by atoms with Gasteiger partial charge >= 0.3 is 0 Å². The number of nitrogens with zero attached hydrogens (tertiary/aromatic N) is 1. The van der Waals surface area contributed by atoms with Crippen LogP contribution in [0, 0.1) is 11.8 Å². The van der Waals surface area contributed by atoms with Gasteiger partial charge in [0, 0.05) is 0 Å². The molecule has 2 atom stereocenters. The highest BCUT2D eigenvalue weighted by molar-refractivity contribution is 5.85. The van der Waals surface area contributed by atoms with Crippen LogP contribution in [0.15, 0.2) is 22.6 Å². The summed E-state index contributed by atoms with van der Waals surface area (Å²) in [5.41, 5.74) is 8.00. The lowest BCUT2D eigenvalue weighted by molar-refractivity contribution is -0.0169. The Labute approximate surface area is 119 Å². The van der Waals surface area contributed by atoms with Gasteiger partial charge in [-0.15, -0.1) is 0 Å². The van der Waals surface area contributed by atoms with E-state index in [0.717, 1.165) is 35.8 Å². The zero-order chi connectivity index (χ0) is 14.1. The van der Waals surface area contributed by atoms with Crippen molar-refractivity contribution in [3.05, 3.63) is 24.1 Å². The lowest BCUT2D eigenvalue weighted by Gasteiger charge is -2.30. The average molecular weight is 274 g/mol. The molecule has 0 aliphatic heterocycles. The monoisotopic (exact) mass is 274 g/mol. The summed E-state index contributed by atoms with van der Waals surface area (Å²) in [4.78, 5) is 4.42. The highest BCUT2D eigenvalue weighted by Gasteiger charge is 2.24. The van der Waals surface area contributed by atoms with Crippen molar-refractivity contribution in [2.24, 2.45) is 11.8 Å². The van der Waals surface area contributed by atoms with Crippen LogP contribution >= 0.6 is 0 Å². The third-order valence-electron chi connectivity index (χ3n) is 4.07. The predicted octanol–water partition coefficient (Wildman–Crippen LogP) is 3.75. The van der Waals surface area contributed by atoms with Crippen molar-refractivity contribution in [2.45, 2.75) is 45.8 Å². The summed E-state index contributed by atoms with van der Waals surface area (Å²) < 4.78 is 11.7. The summed E-state index contributed by atoms with van der Waals surface area (Å²) >= 11 is 0. The molecule has 0 radical (unpaired) electrons. The third-order valence-corrected chi connectivity index (χ3v) is 4.07. The third kappa shape index (κ3) is 2.80. The van der Waals surface area contributed by atoms with Gasteiger partial charge in [0.2, 0.25) is 5.89 Å². The van der Waals surface area contributed by atoms with Crippen LogP contribution in [0.2, 0.25) is 0 Å². The SMILES string of the molecule is CC1CC(C)CC(OCc2nc3c(N)cccc3o2)C1. The van der Waals surface area contributed by atoms with E-state index in [1.165, 1.54) is 6.42 Å². The number of nitrogen functional groups attached to an aromatic ring is 1. The van der Waals surface area contributed by atoms with Gasteiger partial charge in [-0.05, 0) is 43.2 Å². The largest absolute Gasteiger partial charge is 0.438 e. The lowest BCUT2D eigenvalue weighted by atomic mass is 9.82. The smallest absolute Gasteiger partial charge is 0.221 e. The van der Waals surface area contributed by atoms with Crippen molar-refractivity contribution < 1.29 is 9.15 Å². The highest BCUT2D eigenvalue weighted by Crippen LogP contribution is 2.31. The Morgan fingerprint density at radius 3 is 2.70 bits per heavy atom. The van der Waals surface area contributed by atoms with Crippen molar-refractivity contribution in [3.8, 4) is 0 Å². The number of oxazole rings is 1. The maximum atomic E-state index is 5.98. The number of nitrogens with two attached hydrogens (primary N) is 1. The zero-order valence-corrected chi connectivity index (χ0v) is 12.1. The van der Waals surface area contributed by atoms with Crippen LogP contribution in [0.5, 0.6) is 0 Å². The molecule has 4 nitrogen and oxygen atoms in total. The van der Waals surface area contributed by atoms with E-state index < -0.39 is 0 Å². The quantitative estimate of drug-likeness (QED) is 0.866. The summed E-state index contributed by atoms with van der Waals surface area (Å²) in [5, 5.41) is 0. The number of aromatic nitrogens is 1. The molecule has 2 aromatic rings. The summed E-state index contributed by atoms with van der Waals surface area (Å²) in [6.45, 7) is 5.02. The topological polar surface area (TPSA) is 61.3 Å². The molecule has 4 heteroatoms. The second-order valence-corrected chi connectivity index (χ2v) is 6.15. The van der Waals surface area contributed by atoms with Gasteiger partial charge in [-0.1, -0.05) is 19.9 Å². The number of hydrogen-bond donors (Lipinski definition) is 1. The molecule has 1 fully saturated rings. The number of hydrogen-bond acceptors (Lipinski definition) is 4. The zero-order valence-electron chi connectivity index (χ0n) is 12.1. The second kappa shape index (κ2) is 5.44. The van der Waals surface area contributed by atoms with E-state index in [-0.39, 0.29) is 0 Å². The number of benzene rings is 1. The van der Waals surface area contributed by atoms with Crippen LogP contribution in [0.1, 0.15) is 39.0 Å². The molecule has 20 heavy (non-hydrogen) atoms. The lowest BCUT2D eigenvalue weighted by Crippen LogP contribution is -2.26. The molecule has 1 aliphatic carbocycles. The van der Waals surface area contributed by atoms with Gasteiger partial charge in [0.25, 0.3) is 0 Å². The van der Waals surface area contributed by atoms with Crippen LogP contribution in [0.25, 0.3) is 11.1 Å². The molecule has 1 heterocycles. The van der Waals surface area contributed by atoms with Crippen LogP contribution < -0.4 is 5.73 Å². The Hall–Kier alpha value is -1.55. The Morgan fingerprint density at radius 2 is 2.00 bits per heavy atom. The van der Waals surface area contributed by atoms with E-state index in [2.05, 4.69) is 18.8 Å². The summed E-state index contributed by atoms with van der Waals surface area (Å²) in [6, 6.07) is 5.59. The number of para-hydroxylation sites is 1. The Bertz CT molecular complexity index is 583. The van der Waals surface area contributed by atoms with Gasteiger partial charge in [-0.25, -0.2) is 4.98 Å². The van der Waals surface area contributed by atoms with Crippen molar-refractivity contribution in [1.82, 2.24) is 4.98 Å². The Kier molecular flexibility index (Phi) is 3.66. The van der Waals surface area contributed by atoms with E-state index in [1.807, 2.05) is 18.2 Å². The fraction of sp³-hybridized carbons (Fsp3) is 0.562. The summed E-state index contributed by atoms with van der Waals surface area (Å²) in [7, 11) is 0. The maximum absolute atomic E-state index is 5.98. The first kappa shape index (κ1) is 13.4. The van der Waals surface area contributed by atoms with Crippen molar-refractivity contribution in [3.63, 3.8) is 0 Å². The fourth-order valence-electron chi connectivity index (χ4n) is 3.28. The molecule has 2 unspecified atom stereocenters. The van der Waals surface area contributed by atoms with Gasteiger partial charge < -0.3 is 14.9 Å². The van der Waals surface area contributed by atoms with Gasteiger partial charge in [0.15, 0.2) is 5.58 Å². The summed E-state index contributed by atoms with van der Waals surface area (Å²) in [5.74, 6) is 2.09. The molecule has 1 aliphatic rings. The molecule has 0 saturated heterocycles. The van der Waals surface area contributed by atoms with E-state index in [9.17, 15) is 0 Å². The van der Waals surface area contributed by atoms with E-state index in [0.29, 0.717) is 24.3 Å². The molecule has 108 valence electrons. The first-order valence-electron chi connectivity index (χ1n) is 7.37. The maximum Gasteiger partial charge on any atom is 0.221 e. The molecular weight excluding hydrogens is 252 g/mol. The first-order chi connectivity index (χ1) is 9.61. The minimum absolute atomic E-state index is 0.320. The van der Waals surface area contributed by atoms with Crippen LogP contribution in [0.3, 0.4) is 0 Å². The number of fused-ring (bicyclic) bond motifs is 1. The standard InChI is InChI=1S/C16H22N2O2/c1-10-6-11(2)8-12(7-10)19-9-15-18-16-13(17)4-3-5-14(16)20-15/h3-5,10-12H,6-9,17H2,1-2H3. The Morgan fingerprint density at radius 1 is 1.25 bits per heavy atom. The molecule has 0 spiro atoms. The number of rotatable bonds is 3. The van der Waals surface area contributed by atoms with Crippen LogP contribution in [0.4, 0.5) is 5.69 Å². The highest BCUT2D eigenvalue weighted by atomic mass is 16.5. The second-order valence-electron chi connectivity index (χ2n) is 6.15. The number of ether oxygens (including phenoxy) is 1. The molecule has 1 aromatic carbocycles. The van der Waals surface area contributed by atoms with E-state index in [4.69, 9.17) is 14.9 Å². The summed E-state index contributed by atoms with van der Waals surface area (Å²) in [6.07, 6.45) is 3.89. The van der Waals surface area contributed by atoms with Crippen LogP contribution in [-0.2, 0) is 11.3 Å². The van der Waals surface area contributed by atoms with Crippen molar-refractivity contribution in [2.75, 3.05) is 5.73 Å². The predicted molar refractivity (Wildman–Crippen MR) is 79.2 cm³/mol. The minimum atomic E-state index is 0.320. The number of anilines is 1. The Balaban J connectivity index is 1.66.